The third-order valence-corrected chi connectivity index (χ3v) is 6.84. The van der Waals surface area contributed by atoms with Gasteiger partial charge >= 0.3 is 6.09 Å². The van der Waals surface area contributed by atoms with Crippen molar-refractivity contribution in [2.45, 2.75) is 65.0 Å². The SMILES string of the molecule is COC1/C=C\C=C(/C)C(=O)NC2=CC(=O)C(N)=C(C[C@@H](C)CC(OC)[C@H](O)C(C)/C=C(\C)C1OC(N)=O)C2=O. The lowest BCUT2D eigenvalue weighted by Gasteiger charge is -2.29. The summed E-state index contributed by atoms with van der Waals surface area (Å²) in [6.07, 6.45) is 3.55. The zero-order valence-corrected chi connectivity index (χ0v) is 23.2. The van der Waals surface area contributed by atoms with Gasteiger partial charge in [-0.25, -0.2) is 4.79 Å². The number of fused-ring (bicyclic) bond motifs is 2. The van der Waals surface area contributed by atoms with Gasteiger partial charge in [-0.15, -0.1) is 0 Å². The van der Waals surface area contributed by atoms with Gasteiger partial charge < -0.3 is 36.1 Å². The number of Topliss-reactive ketones (excluding diaryl/α,β-unsaturated/α-hetero) is 1. The predicted octanol–water partition coefficient (Wildman–Crippen LogP) is 1.72. The summed E-state index contributed by atoms with van der Waals surface area (Å²) in [5, 5.41) is 13.6. The molecule has 0 saturated carbocycles. The van der Waals surface area contributed by atoms with E-state index in [1.54, 1.807) is 26.0 Å². The van der Waals surface area contributed by atoms with Gasteiger partial charge in [0.05, 0.1) is 23.6 Å². The lowest BCUT2D eigenvalue weighted by atomic mass is 9.85. The Kier molecular flexibility index (Phi) is 11.4. The summed E-state index contributed by atoms with van der Waals surface area (Å²) in [7, 11) is 2.90. The minimum Gasteiger partial charge on any atom is -0.439 e. The van der Waals surface area contributed by atoms with Crippen LogP contribution in [0, 0.1) is 11.8 Å². The van der Waals surface area contributed by atoms with Crippen LogP contribution in [0.3, 0.4) is 0 Å². The van der Waals surface area contributed by atoms with E-state index >= 15 is 0 Å². The normalized spacial score (nSPS) is 33.3. The van der Waals surface area contributed by atoms with E-state index in [0.29, 0.717) is 12.0 Å². The van der Waals surface area contributed by atoms with Crippen LogP contribution in [0.4, 0.5) is 4.79 Å². The van der Waals surface area contributed by atoms with Crippen molar-refractivity contribution in [3.05, 3.63) is 58.5 Å². The van der Waals surface area contributed by atoms with Gasteiger partial charge in [0.2, 0.25) is 11.6 Å². The zero-order valence-electron chi connectivity index (χ0n) is 23.2. The predicted molar refractivity (Wildman–Crippen MR) is 144 cm³/mol. The van der Waals surface area contributed by atoms with E-state index in [1.807, 2.05) is 6.92 Å². The number of carbonyl (C=O) groups is 4. The Morgan fingerprint density at radius 1 is 1.13 bits per heavy atom. The number of ketones is 2. The molecule has 0 spiro atoms. The van der Waals surface area contributed by atoms with Gasteiger partial charge in [0.25, 0.3) is 5.91 Å². The Balaban J connectivity index is 2.58. The second kappa shape index (κ2) is 14.0. The van der Waals surface area contributed by atoms with E-state index in [-0.39, 0.29) is 34.9 Å². The zero-order chi connectivity index (χ0) is 29.4. The van der Waals surface area contributed by atoms with E-state index in [1.165, 1.54) is 33.3 Å². The van der Waals surface area contributed by atoms with Crippen molar-refractivity contribution in [3.8, 4) is 0 Å². The molecule has 39 heavy (non-hydrogen) atoms. The fourth-order valence-corrected chi connectivity index (χ4v) is 4.61. The fourth-order valence-electron chi connectivity index (χ4n) is 4.61. The Bertz CT molecular complexity index is 1130. The molecule has 214 valence electrons. The first kappa shape index (κ1) is 31.7. The highest BCUT2D eigenvalue weighted by molar-refractivity contribution is 6.23. The van der Waals surface area contributed by atoms with Crippen LogP contribution in [0.2, 0.25) is 0 Å². The highest BCUT2D eigenvalue weighted by Gasteiger charge is 2.32. The molecule has 0 fully saturated rings. The quantitative estimate of drug-likeness (QED) is 0.303. The van der Waals surface area contributed by atoms with Crippen molar-refractivity contribution in [1.29, 1.82) is 0 Å². The number of rotatable bonds is 3. The molecule has 11 nitrogen and oxygen atoms in total. The summed E-state index contributed by atoms with van der Waals surface area (Å²) in [5.74, 6) is -2.37. The third kappa shape index (κ3) is 8.22. The molecular formula is C28H39N3O8. The number of hydrogen-bond donors (Lipinski definition) is 4. The van der Waals surface area contributed by atoms with Gasteiger partial charge in [0, 0.05) is 37.4 Å². The second-order valence-electron chi connectivity index (χ2n) is 9.97. The number of aliphatic hydroxyl groups excluding tert-OH is 1. The molecule has 0 aromatic carbocycles. The number of allylic oxidation sites excluding steroid dienone is 4. The number of nitrogens with one attached hydrogen (secondary N) is 1. The molecule has 11 heteroatoms. The fraction of sp³-hybridized carbons (Fsp3) is 0.500. The molecule has 1 aliphatic heterocycles. The number of ether oxygens (including phenoxy) is 3. The molecule has 1 aliphatic carbocycles. The molecule has 0 aromatic heterocycles. The van der Waals surface area contributed by atoms with E-state index in [0.717, 1.165) is 6.08 Å². The average molecular weight is 546 g/mol. The lowest BCUT2D eigenvalue weighted by molar-refractivity contribution is -0.120. The first-order chi connectivity index (χ1) is 18.3. The lowest BCUT2D eigenvalue weighted by Crippen LogP contribution is -2.37. The van der Waals surface area contributed by atoms with Crippen LogP contribution in [0.15, 0.2) is 58.5 Å². The Morgan fingerprint density at radius 2 is 1.79 bits per heavy atom. The van der Waals surface area contributed by atoms with Crippen molar-refractivity contribution in [2.75, 3.05) is 14.2 Å². The summed E-state index contributed by atoms with van der Waals surface area (Å²) >= 11 is 0. The molecule has 0 saturated heterocycles. The van der Waals surface area contributed by atoms with Crippen LogP contribution in [-0.2, 0) is 28.6 Å². The molecule has 2 rings (SSSR count). The number of methoxy groups -OCH3 is 2. The van der Waals surface area contributed by atoms with Crippen molar-refractivity contribution in [2.24, 2.45) is 23.3 Å². The van der Waals surface area contributed by atoms with E-state index < -0.39 is 53.9 Å². The first-order valence-corrected chi connectivity index (χ1v) is 12.6. The molecule has 6 N–H and O–H groups in total. The maximum absolute atomic E-state index is 13.2. The molecule has 2 amide bonds. The van der Waals surface area contributed by atoms with Crippen LogP contribution >= 0.6 is 0 Å². The second-order valence-corrected chi connectivity index (χ2v) is 9.97. The van der Waals surface area contributed by atoms with Gasteiger partial charge in [-0.3, -0.25) is 14.4 Å². The molecule has 0 radical (unpaired) electrons. The smallest absolute Gasteiger partial charge is 0.405 e. The Morgan fingerprint density at radius 3 is 2.38 bits per heavy atom. The van der Waals surface area contributed by atoms with Gasteiger partial charge in [0.1, 0.15) is 6.10 Å². The van der Waals surface area contributed by atoms with Crippen LogP contribution in [0.25, 0.3) is 0 Å². The minimum absolute atomic E-state index is 0.104. The van der Waals surface area contributed by atoms with Gasteiger partial charge in [-0.1, -0.05) is 38.2 Å². The van der Waals surface area contributed by atoms with Crippen molar-refractivity contribution in [1.82, 2.24) is 5.32 Å². The molecular weight excluding hydrogens is 506 g/mol. The minimum atomic E-state index is -1.00. The van der Waals surface area contributed by atoms with Crippen LogP contribution < -0.4 is 16.8 Å². The van der Waals surface area contributed by atoms with Crippen molar-refractivity contribution < 1.29 is 38.5 Å². The number of hydrogen-bond acceptors (Lipinski definition) is 9. The topological polar surface area (TPSA) is 180 Å². The molecule has 6 atom stereocenters. The number of amides is 2. The average Bonchev–Trinajstić information content (AvgIpc) is 2.88. The molecule has 2 aliphatic rings. The summed E-state index contributed by atoms with van der Waals surface area (Å²) in [4.78, 5) is 50.1. The van der Waals surface area contributed by atoms with Crippen molar-refractivity contribution >= 4 is 23.6 Å². The highest BCUT2D eigenvalue weighted by Crippen LogP contribution is 2.28. The van der Waals surface area contributed by atoms with Gasteiger partial charge in [-0.05, 0) is 38.2 Å². The third-order valence-electron chi connectivity index (χ3n) is 6.84. The first-order valence-electron chi connectivity index (χ1n) is 12.6. The highest BCUT2D eigenvalue weighted by atomic mass is 16.6. The van der Waals surface area contributed by atoms with Crippen molar-refractivity contribution in [3.63, 3.8) is 0 Å². The summed E-state index contributed by atoms with van der Waals surface area (Å²) in [6.45, 7) is 6.89. The largest absolute Gasteiger partial charge is 0.439 e. The summed E-state index contributed by atoms with van der Waals surface area (Å²) in [5.41, 5.74) is 11.9. The van der Waals surface area contributed by atoms with E-state index in [9.17, 15) is 24.3 Å². The van der Waals surface area contributed by atoms with E-state index in [4.69, 9.17) is 25.7 Å². The maximum Gasteiger partial charge on any atom is 0.405 e. The summed E-state index contributed by atoms with van der Waals surface area (Å²) in [6, 6.07) is 0. The Labute approximate surface area is 228 Å². The molecule has 2 bridgehead atoms. The van der Waals surface area contributed by atoms with Crippen LogP contribution in [-0.4, -0.2) is 67.3 Å². The van der Waals surface area contributed by atoms with Crippen LogP contribution in [0.5, 0.6) is 0 Å². The monoisotopic (exact) mass is 545 g/mol. The molecule has 0 aromatic rings. The summed E-state index contributed by atoms with van der Waals surface area (Å²) < 4.78 is 16.4. The molecule has 1 heterocycles. The van der Waals surface area contributed by atoms with Crippen LogP contribution in [0.1, 0.15) is 40.5 Å². The Hall–Kier alpha value is -3.54. The number of carbonyl (C=O) groups excluding carboxylic acids is 4. The van der Waals surface area contributed by atoms with Gasteiger partial charge in [0.15, 0.2) is 6.10 Å². The maximum atomic E-state index is 13.2. The number of nitrogens with two attached hydrogens (primary N) is 2. The molecule has 4 unspecified atom stereocenters. The number of primary amides is 1. The number of aliphatic hydroxyl groups is 1. The standard InChI is InChI=1S/C28H39N3O8/c1-14-10-18-23(29)20(32)13-19(25(18)34)31-27(35)15(2)8-7-9-21(37-5)26(39-28(30)36)17(4)12-16(3)24(33)22(11-14)38-6/h7-9,12-14,16,21-22,24,26,33H,10-11,29H2,1-6H3,(H2,30,36)(H,31,35)/b9-7-,15-8+,17-12+/t14-,16?,21?,22?,24-,26?/m1/s1. The van der Waals surface area contributed by atoms with E-state index in [2.05, 4.69) is 5.32 Å². The van der Waals surface area contributed by atoms with Gasteiger partial charge in [-0.2, -0.15) is 0 Å².